The van der Waals surface area contributed by atoms with E-state index in [0.29, 0.717) is 5.02 Å². The number of rotatable bonds is 3. The molecule has 0 atom stereocenters. The fourth-order valence-electron chi connectivity index (χ4n) is 2.61. The van der Waals surface area contributed by atoms with Crippen LogP contribution in [0.15, 0.2) is 34.8 Å². The summed E-state index contributed by atoms with van der Waals surface area (Å²) in [6, 6.07) is 9.98. The van der Waals surface area contributed by atoms with Gasteiger partial charge in [0.2, 0.25) is 0 Å². The normalized spacial score (nSPS) is 11.6. The van der Waals surface area contributed by atoms with Gasteiger partial charge in [0.15, 0.2) is 0 Å². The molecule has 0 aliphatic rings. The van der Waals surface area contributed by atoms with Crippen LogP contribution < -0.4 is 27.2 Å². The van der Waals surface area contributed by atoms with E-state index < -0.39 is 0 Å². The average molecular weight is 479 g/mol. The number of fused-ring (bicyclic) bond motifs is 3. The molecule has 3 rings (SSSR count). The second-order valence-corrected chi connectivity index (χ2v) is 8.00. The molecule has 0 saturated heterocycles. The van der Waals surface area contributed by atoms with E-state index in [2.05, 4.69) is 29.7 Å². The number of hydrogen-bond donors (Lipinski definition) is 1. The van der Waals surface area contributed by atoms with Crippen molar-refractivity contribution in [1.29, 1.82) is 0 Å². The summed E-state index contributed by atoms with van der Waals surface area (Å²) in [5.41, 5.74) is 8.62. The molecule has 2 aromatic carbocycles. The second kappa shape index (κ2) is 5.78. The van der Waals surface area contributed by atoms with E-state index in [0.717, 1.165) is 31.8 Å². The Morgan fingerprint density at radius 3 is 2.76 bits per heavy atom. The zero-order valence-corrected chi connectivity index (χ0v) is 15.7. The molecule has 1 aromatic heterocycles. The summed E-state index contributed by atoms with van der Waals surface area (Å²) in [7, 11) is 0. The van der Waals surface area contributed by atoms with Crippen molar-refractivity contribution in [2.24, 2.45) is 5.73 Å². The Bertz CT molecular complexity index is 875. The van der Waals surface area contributed by atoms with Gasteiger partial charge >= 0.3 is 147 Å². The molecule has 3 nitrogen and oxygen atoms in total. The number of amides is 1. The van der Waals surface area contributed by atoms with Crippen LogP contribution in [0, 0.1) is 0 Å². The fourth-order valence-corrected chi connectivity index (χ4v) is 5.28. The molecule has 110 valence electrons. The number of carbonyl (C=O) groups is 1. The molecule has 1 heterocycles. The number of halogens is 3. The maximum atomic E-state index is 11.4. The van der Waals surface area contributed by atoms with Gasteiger partial charge in [0.05, 0.1) is 0 Å². The first-order valence-electron chi connectivity index (χ1n) is 6.21. The van der Waals surface area contributed by atoms with E-state index in [-0.39, 0.29) is 33.8 Å². The summed E-state index contributed by atoms with van der Waals surface area (Å²) in [5, 5.41) is 2.94. The van der Waals surface area contributed by atoms with E-state index in [9.17, 15) is 4.79 Å². The van der Waals surface area contributed by atoms with E-state index in [4.69, 9.17) is 17.3 Å². The van der Waals surface area contributed by atoms with Gasteiger partial charge in [0.25, 0.3) is 0 Å². The molecule has 0 aliphatic heterocycles. The van der Waals surface area contributed by atoms with Crippen LogP contribution in [0.2, 0.25) is 5.02 Å². The van der Waals surface area contributed by atoms with Gasteiger partial charge in [-0.05, 0) is 0 Å². The van der Waals surface area contributed by atoms with E-state index in [1.807, 2.05) is 24.3 Å². The average Bonchev–Trinajstić information content (AvgIpc) is 2.71. The third-order valence-electron chi connectivity index (χ3n) is 3.34. The molecule has 0 unspecified atom stereocenters. The third-order valence-corrected chi connectivity index (χ3v) is 6.00. The number of nitrogens with two attached hydrogens (primary N) is 1. The minimum absolute atomic E-state index is 0.214. The Kier molecular flexibility index (Phi) is 4.16. The van der Waals surface area contributed by atoms with E-state index in [1.165, 1.54) is 0 Å². The fraction of sp³-hybridized carbons (Fsp3) is 0.133. The molecule has 0 spiro atoms. The van der Waals surface area contributed by atoms with E-state index in [1.54, 1.807) is 0 Å². The molecule has 1 amide bonds. The van der Waals surface area contributed by atoms with Crippen LogP contribution in [0.25, 0.3) is 21.8 Å². The van der Waals surface area contributed by atoms with Crippen LogP contribution in [0.5, 0.6) is 0 Å². The first kappa shape index (κ1) is 15.1. The van der Waals surface area contributed by atoms with Crippen molar-refractivity contribution in [1.82, 2.24) is 2.78 Å². The molecule has 0 saturated carbocycles. The molecule has 3 aromatic rings. The molecule has 0 fully saturated rings. The predicted octanol–water partition coefficient (Wildman–Crippen LogP) is 0.720. The monoisotopic (exact) mass is 477 g/mol. The minimum atomic E-state index is -0.321. The van der Waals surface area contributed by atoms with Crippen LogP contribution in [-0.2, 0) is 11.2 Å². The van der Waals surface area contributed by atoms with Crippen molar-refractivity contribution in [3.63, 3.8) is 0 Å². The van der Waals surface area contributed by atoms with Gasteiger partial charge in [-0.1, -0.05) is 0 Å². The van der Waals surface area contributed by atoms with Crippen molar-refractivity contribution in [3.8, 4) is 0 Å². The quantitative estimate of drug-likeness (QED) is 0.438. The number of alkyl halides is 1. The Morgan fingerprint density at radius 2 is 2.10 bits per heavy atom. The van der Waals surface area contributed by atoms with Crippen molar-refractivity contribution < 1.29 is 26.3 Å². The summed E-state index contributed by atoms with van der Waals surface area (Å²) in [4.78, 5) is 13.6. The molecular weight excluding hydrogens is 466 g/mol. The van der Waals surface area contributed by atoms with Crippen molar-refractivity contribution in [2.45, 2.75) is 6.42 Å². The van der Waals surface area contributed by atoms with Gasteiger partial charge in [-0.25, -0.2) is 0 Å². The first-order chi connectivity index (χ1) is 10.0. The van der Waals surface area contributed by atoms with Gasteiger partial charge in [-0.15, -0.1) is 0 Å². The molecule has 2 N–H and O–H groups in total. The van der Waals surface area contributed by atoms with Crippen molar-refractivity contribution >= 4 is 55.2 Å². The molecular formula is C15H12BrClIN2O-. The number of primary amides is 1. The number of aromatic nitrogens is 1. The summed E-state index contributed by atoms with van der Waals surface area (Å²) >= 11 is 9.46. The van der Waals surface area contributed by atoms with Gasteiger partial charge in [-0.3, -0.25) is 0 Å². The SMILES string of the molecule is C[I-]n1c2ccc(Cl)cc2c2cc(Br)cc(CC(N)=O)c21. The maximum absolute atomic E-state index is 11.4. The second-order valence-electron chi connectivity index (χ2n) is 4.72. The van der Waals surface area contributed by atoms with Crippen molar-refractivity contribution in [3.05, 3.63) is 45.4 Å². The summed E-state index contributed by atoms with van der Waals surface area (Å²) in [6.45, 7) is 0. The van der Waals surface area contributed by atoms with Gasteiger partial charge in [-0.2, -0.15) is 0 Å². The van der Waals surface area contributed by atoms with Crippen molar-refractivity contribution in [2.75, 3.05) is 4.93 Å². The Balaban J connectivity index is 2.49. The molecule has 0 bridgehead atoms. The van der Waals surface area contributed by atoms with Crippen LogP contribution >= 0.6 is 27.5 Å². The first-order valence-corrected chi connectivity index (χ1v) is 10.5. The third kappa shape index (κ3) is 2.66. The molecule has 0 radical (unpaired) electrons. The predicted molar refractivity (Wildman–Crippen MR) is 86.4 cm³/mol. The molecule has 6 heteroatoms. The number of benzene rings is 2. The summed E-state index contributed by atoms with van der Waals surface area (Å²) in [5.74, 6) is -0.321. The van der Waals surface area contributed by atoms with Gasteiger partial charge < -0.3 is 0 Å². The van der Waals surface area contributed by atoms with Crippen LogP contribution in [-0.4, -0.2) is 13.6 Å². The summed E-state index contributed by atoms with van der Waals surface area (Å²) < 4.78 is 3.25. The zero-order chi connectivity index (χ0) is 15.1. The van der Waals surface area contributed by atoms with Crippen LogP contribution in [0.3, 0.4) is 0 Å². The number of hydrogen-bond acceptors (Lipinski definition) is 1. The Hall–Kier alpha value is -0.790. The zero-order valence-electron chi connectivity index (χ0n) is 11.2. The Morgan fingerprint density at radius 1 is 1.33 bits per heavy atom. The number of carbonyl (C=O) groups excluding carboxylic acids is 1. The number of nitrogens with zero attached hydrogens (tertiary/aromatic N) is 1. The van der Waals surface area contributed by atoms with E-state index >= 15 is 0 Å². The Labute approximate surface area is 146 Å². The van der Waals surface area contributed by atoms with Gasteiger partial charge in [0.1, 0.15) is 0 Å². The molecule has 21 heavy (non-hydrogen) atoms. The summed E-state index contributed by atoms with van der Waals surface area (Å²) in [6.07, 6.45) is 0.240. The standard InChI is InChI=1S/C15H12BrClIN2O/c1-18-20-13-3-2-10(17)7-11(13)12-6-9(16)4-8(15(12)20)5-14(19)21/h2-4,6-7H,5H2,1H3,(H2,19,21)/q-1. The topological polar surface area (TPSA) is 48.0 Å². The molecule has 0 aliphatic carbocycles. The van der Waals surface area contributed by atoms with Crippen LogP contribution in [0.4, 0.5) is 0 Å². The van der Waals surface area contributed by atoms with Crippen LogP contribution in [0.1, 0.15) is 5.56 Å². The van der Waals surface area contributed by atoms with Gasteiger partial charge in [0, 0.05) is 0 Å².